The molecule has 312 valence electrons. The summed E-state index contributed by atoms with van der Waals surface area (Å²) < 4.78 is 118. The van der Waals surface area contributed by atoms with Crippen molar-refractivity contribution in [2.24, 2.45) is 0 Å². The van der Waals surface area contributed by atoms with Crippen LogP contribution in [0.25, 0.3) is 32.8 Å². The summed E-state index contributed by atoms with van der Waals surface area (Å²) in [5.41, 5.74) is -1.58. The number of piperidine rings is 1. The lowest BCUT2D eigenvalue weighted by atomic mass is 9.91. The van der Waals surface area contributed by atoms with Gasteiger partial charge in [0.1, 0.15) is 47.1 Å². The third-order valence-corrected chi connectivity index (χ3v) is 11.1. The molecule has 4 fully saturated rings. The maximum Gasteiger partial charge on any atom is 0.490 e. The highest BCUT2D eigenvalue weighted by Gasteiger charge is 2.50. The van der Waals surface area contributed by atoms with Crippen LogP contribution in [0.3, 0.4) is 0 Å². The van der Waals surface area contributed by atoms with Gasteiger partial charge >= 0.3 is 24.2 Å². The van der Waals surface area contributed by atoms with Gasteiger partial charge in [-0.15, -0.1) is 0 Å². The molecule has 19 heteroatoms. The molecule has 1 amide bonds. The Balaban J connectivity index is 0.000000672. The number of methoxy groups -OCH3 is 1. The molecule has 4 aliphatic heterocycles. The van der Waals surface area contributed by atoms with E-state index in [1.54, 1.807) is 19.1 Å². The van der Waals surface area contributed by atoms with Gasteiger partial charge in [-0.2, -0.15) is 23.1 Å². The fourth-order valence-corrected chi connectivity index (χ4v) is 8.61. The molecule has 3 atom stereocenters. The zero-order valence-electron chi connectivity index (χ0n) is 31.5. The molecule has 0 saturated carbocycles. The molecule has 4 saturated heterocycles. The lowest BCUT2D eigenvalue weighted by Crippen LogP contribution is -2.51. The second-order valence-electron chi connectivity index (χ2n) is 14.9. The van der Waals surface area contributed by atoms with Crippen molar-refractivity contribution in [3.05, 3.63) is 53.3 Å². The van der Waals surface area contributed by atoms with E-state index >= 15 is 13.2 Å². The van der Waals surface area contributed by atoms with Crippen LogP contribution in [0.15, 0.2) is 30.3 Å². The summed E-state index contributed by atoms with van der Waals surface area (Å²) in [6.07, 6.45) is -3.12. The summed E-state index contributed by atoms with van der Waals surface area (Å²) in [5, 5.41) is 10.8. The second kappa shape index (κ2) is 15.9. The monoisotopic (exact) mass is 823 g/mol. The maximum atomic E-state index is 17.2. The molecule has 4 aliphatic rings. The number of halogens is 7. The van der Waals surface area contributed by atoms with Gasteiger partial charge in [-0.05, 0) is 84.8 Å². The Morgan fingerprint density at radius 1 is 1.07 bits per heavy atom. The van der Waals surface area contributed by atoms with Gasteiger partial charge in [0.25, 0.3) is 0 Å². The third-order valence-electron chi connectivity index (χ3n) is 11.1. The van der Waals surface area contributed by atoms with Crippen LogP contribution in [0, 0.1) is 17.5 Å². The van der Waals surface area contributed by atoms with E-state index in [0.29, 0.717) is 48.7 Å². The number of alkyl carbamates (subject to hydrolysis) is 1. The number of rotatable bonds is 9. The van der Waals surface area contributed by atoms with Crippen LogP contribution < -0.4 is 19.7 Å². The Bertz CT molecular complexity index is 2250. The van der Waals surface area contributed by atoms with Crippen LogP contribution in [0.5, 0.6) is 11.8 Å². The molecule has 5 heterocycles. The van der Waals surface area contributed by atoms with Crippen molar-refractivity contribution >= 4 is 39.6 Å². The minimum Gasteiger partial charge on any atom is -0.475 e. The van der Waals surface area contributed by atoms with E-state index in [-0.39, 0.29) is 67.0 Å². The van der Waals surface area contributed by atoms with Crippen molar-refractivity contribution in [3.8, 4) is 22.9 Å². The number of carboxylic acids is 1. The van der Waals surface area contributed by atoms with Gasteiger partial charge in [-0.3, -0.25) is 4.90 Å². The van der Waals surface area contributed by atoms with Crippen LogP contribution >= 0.6 is 0 Å². The zero-order valence-corrected chi connectivity index (χ0v) is 31.5. The average molecular weight is 824 g/mol. The second-order valence-corrected chi connectivity index (χ2v) is 14.9. The summed E-state index contributed by atoms with van der Waals surface area (Å²) in [4.78, 5) is 34.2. The number of anilines is 1. The first-order valence-electron chi connectivity index (χ1n) is 18.7. The van der Waals surface area contributed by atoms with E-state index in [2.05, 4.69) is 15.2 Å². The van der Waals surface area contributed by atoms with E-state index in [9.17, 15) is 22.4 Å². The van der Waals surface area contributed by atoms with Crippen molar-refractivity contribution in [2.75, 3.05) is 58.1 Å². The number of aromatic nitrogens is 2. The Morgan fingerprint density at radius 2 is 1.83 bits per heavy atom. The van der Waals surface area contributed by atoms with Gasteiger partial charge in [-0.25, -0.2) is 27.2 Å². The summed E-state index contributed by atoms with van der Waals surface area (Å²) >= 11 is 0. The highest BCUT2D eigenvalue weighted by molar-refractivity contribution is 6.03. The standard InChI is InChI=1S/C37H39F4N5O5.C2HF3O2/c1-3-24-27(39)7-6-21-12-23(50-20-48-2)13-25(29(21)24)30-28(40)14-26-32(31(30)41)43-34(49-19-36-8-4-11-46(36)16-22(38)15-36)44-33(26)45-10-5-9-37(18-45)17-42-35(47)51-37;3-2(4,5)1(6)7/h6-7,12-14,22H,3-5,8-11,15-20H2,1-2H3,(H,42,47);(H,6,7)/t22-,36+,37?;/m1./s1. The Kier molecular flexibility index (Phi) is 11.2. The fourth-order valence-electron chi connectivity index (χ4n) is 8.61. The number of carbonyl (C=O) groups excluding carboxylic acids is 1. The van der Waals surface area contributed by atoms with Gasteiger partial charge in [0.2, 0.25) is 0 Å². The number of carbonyl (C=O) groups is 2. The molecule has 0 bridgehead atoms. The molecule has 0 radical (unpaired) electrons. The maximum absolute atomic E-state index is 17.2. The number of amides is 1. The lowest BCUT2D eigenvalue weighted by molar-refractivity contribution is -0.192. The number of ether oxygens (including phenoxy) is 4. The van der Waals surface area contributed by atoms with Crippen molar-refractivity contribution in [2.45, 2.75) is 68.9 Å². The van der Waals surface area contributed by atoms with Crippen LogP contribution in [-0.4, -0.2) is 109 Å². The van der Waals surface area contributed by atoms with Crippen LogP contribution in [0.4, 0.5) is 41.3 Å². The Labute approximate surface area is 327 Å². The molecular formula is C39H40F7N5O7. The Morgan fingerprint density at radius 3 is 2.52 bits per heavy atom. The molecule has 3 aromatic carbocycles. The number of aliphatic carboxylic acids is 1. The number of alkyl halides is 4. The first-order valence-corrected chi connectivity index (χ1v) is 18.7. The number of hydrogen-bond donors (Lipinski definition) is 2. The molecule has 0 aliphatic carbocycles. The largest absolute Gasteiger partial charge is 0.490 e. The van der Waals surface area contributed by atoms with Crippen molar-refractivity contribution in [1.29, 1.82) is 0 Å². The first-order chi connectivity index (χ1) is 27.6. The number of fused-ring (bicyclic) bond motifs is 3. The fraction of sp³-hybridized carbons (Fsp3) is 0.487. The highest BCUT2D eigenvalue weighted by atomic mass is 19.4. The van der Waals surface area contributed by atoms with Gasteiger partial charge < -0.3 is 34.3 Å². The zero-order chi connectivity index (χ0) is 41.6. The third kappa shape index (κ3) is 7.85. The van der Waals surface area contributed by atoms with Crippen molar-refractivity contribution < 1.29 is 64.4 Å². The predicted octanol–water partition coefficient (Wildman–Crippen LogP) is 7.08. The molecule has 4 aromatic rings. The minimum atomic E-state index is -5.08. The molecule has 1 spiro atoms. The van der Waals surface area contributed by atoms with Gasteiger partial charge in [-0.1, -0.05) is 13.0 Å². The lowest BCUT2D eigenvalue weighted by Gasteiger charge is -2.39. The summed E-state index contributed by atoms with van der Waals surface area (Å²) in [7, 11) is 1.45. The molecule has 1 unspecified atom stereocenters. The Hall–Kier alpha value is -5.17. The predicted molar refractivity (Wildman–Crippen MR) is 195 cm³/mol. The molecular weight excluding hydrogens is 783 g/mol. The van der Waals surface area contributed by atoms with Crippen LogP contribution in [0.1, 0.15) is 44.6 Å². The van der Waals surface area contributed by atoms with Gasteiger partial charge in [0.15, 0.2) is 12.6 Å². The molecule has 58 heavy (non-hydrogen) atoms. The number of aryl methyl sites for hydroxylation is 1. The number of hydrogen-bond acceptors (Lipinski definition) is 10. The summed E-state index contributed by atoms with van der Waals surface area (Å²) in [6.45, 7) is 3.83. The highest BCUT2D eigenvalue weighted by Crippen LogP contribution is 2.44. The molecule has 2 N–H and O–H groups in total. The molecule has 8 rings (SSSR count). The number of carboxylic acid groups (broad SMARTS) is 1. The molecule has 12 nitrogen and oxygen atoms in total. The van der Waals surface area contributed by atoms with Crippen molar-refractivity contribution in [1.82, 2.24) is 20.2 Å². The van der Waals surface area contributed by atoms with Gasteiger partial charge in [0.05, 0.1) is 24.2 Å². The van der Waals surface area contributed by atoms with E-state index in [1.165, 1.54) is 25.3 Å². The van der Waals surface area contributed by atoms with Crippen LogP contribution in [0.2, 0.25) is 0 Å². The van der Waals surface area contributed by atoms with E-state index in [4.69, 9.17) is 33.8 Å². The SMILES string of the molecule is CCc1c(F)ccc2cc(OCOC)cc(-c3c(F)cc4c(N5CCCC6(CNC(=O)O6)C5)nc(OC[C@@]56CCCN5C[C@H](F)C6)nc4c3F)c12.O=C(O)C(F)(F)F. The number of nitrogens with zero attached hydrogens (tertiary/aromatic N) is 4. The van der Waals surface area contributed by atoms with E-state index in [0.717, 1.165) is 19.4 Å². The summed E-state index contributed by atoms with van der Waals surface area (Å²) in [5.74, 6) is -4.65. The number of benzene rings is 3. The smallest absolute Gasteiger partial charge is 0.475 e. The molecule has 1 aromatic heterocycles. The van der Waals surface area contributed by atoms with Crippen LogP contribution in [-0.2, 0) is 20.7 Å². The van der Waals surface area contributed by atoms with E-state index in [1.807, 2.05) is 4.90 Å². The minimum absolute atomic E-state index is 0.0933. The normalized spacial score (nSPS) is 23.2. The van der Waals surface area contributed by atoms with E-state index < -0.39 is 58.6 Å². The quantitative estimate of drug-likeness (QED) is 0.133. The average Bonchev–Trinajstić information content (AvgIpc) is 3.83. The van der Waals surface area contributed by atoms with Gasteiger partial charge in [0, 0.05) is 32.0 Å². The summed E-state index contributed by atoms with van der Waals surface area (Å²) in [6, 6.07) is 7.07. The van der Waals surface area contributed by atoms with Crippen molar-refractivity contribution in [3.63, 3.8) is 0 Å². The topological polar surface area (TPSA) is 136 Å². The number of nitrogens with one attached hydrogen (secondary N) is 1. The first kappa shape index (κ1) is 41.0.